The Balaban J connectivity index is 2.26. The van der Waals surface area contributed by atoms with Crippen molar-refractivity contribution in [1.82, 2.24) is 0 Å². The molecule has 3 rings (SSSR count). The first-order valence-corrected chi connectivity index (χ1v) is 7.73. The van der Waals surface area contributed by atoms with E-state index in [1.807, 2.05) is 24.3 Å². The lowest BCUT2D eigenvalue weighted by Crippen LogP contribution is -2.24. The maximum absolute atomic E-state index is 14.2. The van der Waals surface area contributed by atoms with Crippen LogP contribution in [0.1, 0.15) is 11.1 Å². The van der Waals surface area contributed by atoms with Gasteiger partial charge >= 0.3 is 0 Å². The molecule has 2 aromatic carbocycles. The molecule has 0 spiro atoms. The number of nitro groups is 1. The van der Waals surface area contributed by atoms with Crippen molar-refractivity contribution in [3.63, 3.8) is 0 Å². The Bertz CT molecular complexity index is 810. The quantitative estimate of drug-likeness (QED) is 0.452. The molecule has 1 aliphatic heterocycles. The number of nitro benzene ring substituents is 1. The summed E-state index contributed by atoms with van der Waals surface area (Å²) in [6.07, 6.45) is -1.41. The van der Waals surface area contributed by atoms with Crippen molar-refractivity contribution >= 4 is 33.0 Å². The lowest BCUT2D eigenvalue weighted by molar-refractivity contribution is -0.384. The summed E-state index contributed by atoms with van der Waals surface area (Å²) in [5.74, 6) is 0. The summed E-state index contributed by atoms with van der Waals surface area (Å²) in [5.41, 5.74) is 2.33. The summed E-state index contributed by atoms with van der Waals surface area (Å²) in [5, 5.41) is 11.1. The molecule has 1 heterocycles. The molecule has 5 nitrogen and oxygen atoms in total. The number of benzodiazepines with no additional fused rings is 1. The predicted octanol–water partition coefficient (Wildman–Crippen LogP) is 3.94. The number of likely N-dealkylation sites (N-methyl/N-ethyl adjacent to an activating group) is 1. The minimum absolute atomic E-state index is 0.0470. The first-order valence-electron chi connectivity index (χ1n) is 6.94. The van der Waals surface area contributed by atoms with Crippen molar-refractivity contribution in [2.75, 3.05) is 18.5 Å². The van der Waals surface area contributed by atoms with Gasteiger partial charge in [0.25, 0.3) is 5.69 Å². The number of non-ortho nitro benzene ring substituents is 1. The normalized spacial score (nSPS) is 17.3. The van der Waals surface area contributed by atoms with Crippen LogP contribution in [0.3, 0.4) is 0 Å². The molecule has 0 bridgehead atoms. The molecule has 23 heavy (non-hydrogen) atoms. The second-order valence-corrected chi connectivity index (χ2v) is 6.09. The largest absolute Gasteiger partial charge is 0.369 e. The van der Waals surface area contributed by atoms with Gasteiger partial charge in [-0.15, -0.1) is 0 Å². The average molecular weight is 378 g/mol. The van der Waals surface area contributed by atoms with Gasteiger partial charge in [-0.3, -0.25) is 10.1 Å². The standard InChI is InChI=1S/C16H13BrFN3O2/c1-20-9-15(18)19-16(11-4-2-3-5-13(11)17)12-8-10(21(22)23)6-7-14(12)20/h2-8,15H,9H2,1H3. The fourth-order valence-electron chi connectivity index (χ4n) is 2.60. The lowest BCUT2D eigenvalue weighted by atomic mass is 9.99. The molecule has 1 unspecified atom stereocenters. The molecule has 0 saturated heterocycles. The molecule has 118 valence electrons. The van der Waals surface area contributed by atoms with E-state index < -0.39 is 11.2 Å². The van der Waals surface area contributed by atoms with E-state index in [1.165, 1.54) is 12.1 Å². The fraction of sp³-hybridized carbons (Fsp3) is 0.188. The van der Waals surface area contributed by atoms with Gasteiger partial charge in [-0.1, -0.05) is 34.1 Å². The molecule has 0 radical (unpaired) electrons. The second-order valence-electron chi connectivity index (χ2n) is 5.23. The fourth-order valence-corrected chi connectivity index (χ4v) is 3.08. The Morgan fingerprint density at radius 2 is 2.04 bits per heavy atom. The Labute approximate surface area is 140 Å². The summed E-state index contributed by atoms with van der Waals surface area (Å²) in [7, 11) is 1.75. The van der Waals surface area contributed by atoms with E-state index in [0.717, 1.165) is 4.47 Å². The highest BCUT2D eigenvalue weighted by molar-refractivity contribution is 9.10. The number of benzene rings is 2. The number of alkyl halides is 1. The molecule has 1 aliphatic rings. The molecular weight excluding hydrogens is 365 g/mol. The van der Waals surface area contributed by atoms with Crippen molar-refractivity contribution in [3.05, 3.63) is 68.2 Å². The summed E-state index contributed by atoms with van der Waals surface area (Å²) < 4.78 is 15.0. The summed E-state index contributed by atoms with van der Waals surface area (Å²) in [6, 6.07) is 11.8. The van der Waals surface area contributed by atoms with Gasteiger partial charge in [0, 0.05) is 40.5 Å². The minimum atomic E-state index is -1.41. The zero-order chi connectivity index (χ0) is 16.6. The number of rotatable bonds is 2. The van der Waals surface area contributed by atoms with Gasteiger partial charge in [0.05, 0.1) is 17.2 Å². The number of hydrogen-bond acceptors (Lipinski definition) is 4. The SMILES string of the molecule is CN1CC(F)N=C(c2ccccc2Br)c2cc([N+](=O)[O-])ccc21. The molecule has 7 heteroatoms. The van der Waals surface area contributed by atoms with Crippen LogP contribution in [0, 0.1) is 10.1 Å². The number of hydrogen-bond donors (Lipinski definition) is 0. The maximum atomic E-state index is 14.2. The zero-order valence-electron chi connectivity index (χ0n) is 12.2. The average Bonchev–Trinajstić information content (AvgIpc) is 2.64. The van der Waals surface area contributed by atoms with Crippen LogP contribution in [-0.4, -0.2) is 30.5 Å². The maximum Gasteiger partial charge on any atom is 0.270 e. The highest BCUT2D eigenvalue weighted by atomic mass is 79.9. The summed E-state index contributed by atoms with van der Waals surface area (Å²) >= 11 is 3.44. The molecule has 0 N–H and O–H groups in total. The van der Waals surface area contributed by atoms with E-state index in [0.29, 0.717) is 22.5 Å². The third kappa shape index (κ3) is 2.96. The smallest absolute Gasteiger partial charge is 0.270 e. The van der Waals surface area contributed by atoms with Crippen molar-refractivity contribution in [3.8, 4) is 0 Å². The highest BCUT2D eigenvalue weighted by Crippen LogP contribution is 2.32. The van der Waals surface area contributed by atoms with Gasteiger partial charge in [-0.05, 0) is 12.1 Å². The lowest BCUT2D eigenvalue weighted by Gasteiger charge is -2.19. The number of anilines is 1. The molecule has 0 aromatic heterocycles. The number of aliphatic imine (C=N–C) groups is 1. The third-order valence-corrected chi connectivity index (χ3v) is 4.37. The molecule has 0 amide bonds. The van der Waals surface area contributed by atoms with Gasteiger partial charge in [0.15, 0.2) is 0 Å². The van der Waals surface area contributed by atoms with Crippen LogP contribution < -0.4 is 4.90 Å². The van der Waals surface area contributed by atoms with E-state index in [2.05, 4.69) is 20.9 Å². The zero-order valence-corrected chi connectivity index (χ0v) is 13.8. The van der Waals surface area contributed by atoms with E-state index in [1.54, 1.807) is 18.0 Å². The molecule has 1 atom stereocenters. The Morgan fingerprint density at radius 3 is 2.74 bits per heavy atom. The first-order chi connectivity index (χ1) is 11.0. The van der Waals surface area contributed by atoms with E-state index in [4.69, 9.17) is 0 Å². The summed E-state index contributed by atoms with van der Waals surface area (Å²) in [6.45, 7) is 0.0960. The molecule has 2 aromatic rings. The van der Waals surface area contributed by atoms with Gasteiger partial charge in [0.1, 0.15) is 0 Å². The van der Waals surface area contributed by atoms with Crippen molar-refractivity contribution in [1.29, 1.82) is 0 Å². The van der Waals surface area contributed by atoms with Gasteiger partial charge in [-0.2, -0.15) is 0 Å². The number of halogens is 2. The van der Waals surface area contributed by atoms with Crippen molar-refractivity contribution in [2.45, 2.75) is 6.30 Å². The monoisotopic (exact) mass is 377 g/mol. The highest BCUT2D eigenvalue weighted by Gasteiger charge is 2.25. The topological polar surface area (TPSA) is 58.7 Å². The van der Waals surface area contributed by atoms with Crippen LogP contribution in [0.4, 0.5) is 15.8 Å². The Morgan fingerprint density at radius 1 is 1.30 bits per heavy atom. The van der Waals surface area contributed by atoms with Gasteiger partial charge in [-0.25, -0.2) is 9.38 Å². The minimum Gasteiger partial charge on any atom is -0.369 e. The number of nitrogens with zero attached hydrogens (tertiary/aromatic N) is 3. The molecule has 0 aliphatic carbocycles. The van der Waals surface area contributed by atoms with E-state index >= 15 is 0 Å². The van der Waals surface area contributed by atoms with Crippen LogP contribution in [0.15, 0.2) is 51.9 Å². The summed E-state index contributed by atoms with van der Waals surface area (Å²) in [4.78, 5) is 16.5. The Hall–Kier alpha value is -2.28. The van der Waals surface area contributed by atoms with E-state index in [-0.39, 0.29) is 12.2 Å². The molecule has 0 fully saturated rings. The number of fused-ring (bicyclic) bond motifs is 1. The molecule has 0 saturated carbocycles. The predicted molar refractivity (Wildman–Crippen MR) is 91.0 cm³/mol. The van der Waals surface area contributed by atoms with Crippen molar-refractivity contribution < 1.29 is 9.31 Å². The van der Waals surface area contributed by atoms with Crippen molar-refractivity contribution in [2.24, 2.45) is 4.99 Å². The van der Waals surface area contributed by atoms with Gasteiger partial charge in [0.2, 0.25) is 6.30 Å². The molecular formula is C16H13BrFN3O2. The second kappa shape index (κ2) is 6.08. The Kier molecular flexibility index (Phi) is 4.12. The van der Waals surface area contributed by atoms with E-state index in [9.17, 15) is 14.5 Å². The van der Waals surface area contributed by atoms with Crippen LogP contribution in [0.25, 0.3) is 0 Å². The third-order valence-electron chi connectivity index (χ3n) is 3.68. The van der Waals surface area contributed by atoms with Gasteiger partial charge < -0.3 is 4.90 Å². The van der Waals surface area contributed by atoms with Crippen LogP contribution in [0.5, 0.6) is 0 Å². The van der Waals surface area contributed by atoms with Crippen LogP contribution in [0.2, 0.25) is 0 Å². The van der Waals surface area contributed by atoms with Crippen LogP contribution >= 0.6 is 15.9 Å². The first kappa shape index (κ1) is 15.6. The van der Waals surface area contributed by atoms with Crippen LogP contribution in [-0.2, 0) is 0 Å².